The molecule has 1 saturated carbocycles. The zero-order chi connectivity index (χ0) is 12.5. The SMILES string of the molecule is C=C1CCC2CCN(C(=O)c3ccccc3)C1C2. The van der Waals surface area contributed by atoms with Gasteiger partial charge in [0.1, 0.15) is 0 Å². The minimum Gasteiger partial charge on any atom is -0.332 e. The van der Waals surface area contributed by atoms with E-state index in [4.69, 9.17) is 0 Å². The van der Waals surface area contributed by atoms with Crippen LogP contribution in [0.2, 0.25) is 0 Å². The summed E-state index contributed by atoms with van der Waals surface area (Å²) in [5.41, 5.74) is 2.05. The molecule has 0 aromatic heterocycles. The number of carbonyl (C=O) groups is 1. The minimum atomic E-state index is 0.169. The van der Waals surface area contributed by atoms with E-state index >= 15 is 0 Å². The zero-order valence-corrected chi connectivity index (χ0v) is 10.6. The highest BCUT2D eigenvalue weighted by molar-refractivity contribution is 5.94. The number of fused-ring (bicyclic) bond motifs is 2. The summed E-state index contributed by atoms with van der Waals surface area (Å²) in [6.07, 6.45) is 4.64. The highest BCUT2D eigenvalue weighted by Gasteiger charge is 2.36. The van der Waals surface area contributed by atoms with Crippen molar-refractivity contribution in [2.24, 2.45) is 5.92 Å². The molecule has 2 unspecified atom stereocenters. The van der Waals surface area contributed by atoms with Crippen molar-refractivity contribution in [2.45, 2.75) is 31.7 Å². The lowest BCUT2D eigenvalue weighted by Crippen LogP contribution is -2.48. The molecule has 1 aliphatic carbocycles. The van der Waals surface area contributed by atoms with Crippen LogP contribution in [0.15, 0.2) is 42.5 Å². The smallest absolute Gasteiger partial charge is 0.254 e. The molecule has 2 fully saturated rings. The Bertz CT molecular complexity index is 465. The molecule has 2 aliphatic rings. The molecule has 1 aromatic rings. The van der Waals surface area contributed by atoms with E-state index < -0.39 is 0 Å². The molecule has 18 heavy (non-hydrogen) atoms. The van der Waals surface area contributed by atoms with E-state index in [0.29, 0.717) is 0 Å². The molecule has 0 spiro atoms. The molecule has 1 amide bonds. The second-order valence-corrected chi connectivity index (χ2v) is 5.47. The Balaban J connectivity index is 1.83. The number of likely N-dealkylation sites (tertiary alicyclic amines) is 1. The first-order valence-electron chi connectivity index (χ1n) is 6.79. The Morgan fingerprint density at radius 3 is 2.78 bits per heavy atom. The van der Waals surface area contributed by atoms with Crippen LogP contribution in [-0.2, 0) is 0 Å². The third kappa shape index (κ3) is 1.96. The van der Waals surface area contributed by atoms with Crippen LogP contribution < -0.4 is 0 Å². The normalized spacial score (nSPS) is 27.1. The van der Waals surface area contributed by atoms with Crippen LogP contribution in [-0.4, -0.2) is 23.4 Å². The molecule has 0 radical (unpaired) electrons. The largest absolute Gasteiger partial charge is 0.332 e. The van der Waals surface area contributed by atoms with Gasteiger partial charge in [0.25, 0.3) is 5.91 Å². The Labute approximate surface area is 108 Å². The van der Waals surface area contributed by atoms with Crippen molar-refractivity contribution in [3.63, 3.8) is 0 Å². The van der Waals surface area contributed by atoms with Gasteiger partial charge in [-0.2, -0.15) is 0 Å². The molecular weight excluding hydrogens is 222 g/mol. The third-order valence-corrected chi connectivity index (χ3v) is 4.34. The molecule has 2 bridgehead atoms. The number of nitrogens with zero attached hydrogens (tertiary/aromatic N) is 1. The maximum Gasteiger partial charge on any atom is 0.254 e. The van der Waals surface area contributed by atoms with Crippen molar-refractivity contribution < 1.29 is 4.79 Å². The number of hydrogen-bond acceptors (Lipinski definition) is 1. The van der Waals surface area contributed by atoms with Gasteiger partial charge in [0.05, 0.1) is 6.04 Å². The molecule has 0 N–H and O–H groups in total. The van der Waals surface area contributed by atoms with E-state index in [1.165, 1.54) is 12.0 Å². The summed E-state index contributed by atoms with van der Waals surface area (Å²) in [5.74, 6) is 0.974. The third-order valence-electron chi connectivity index (χ3n) is 4.34. The lowest BCUT2D eigenvalue weighted by molar-refractivity contribution is 0.0550. The highest BCUT2D eigenvalue weighted by atomic mass is 16.2. The monoisotopic (exact) mass is 241 g/mol. The zero-order valence-electron chi connectivity index (χ0n) is 10.6. The van der Waals surface area contributed by atoms with Crippen LogP contribution in [0.3, 0.4) is 0 Å². The summed E-state index contributed by atoms with van der Waals surface area (Å²) >= 11 is 0. The van der Waals surface area contributed by atoms with Gasteiger partial charge in [0.15, 0.2) is 0 Å². The minimum absolute atomic E-state index is 0.169. The molecule has 1 saturated heterocycles. The van der Waals surface area contributed by atoms with Gasteiger partial charge in [-0.15, -0.1) is 0 Å². The number of benzene rings is 1. The van der Waals surface area contributed by atoms with Gasteiger partial charge < -0.3 is 4.90 Å². The molecule has 1 aromatic carbocycles. The Morgan fingerprint density at radius 2 is 2.00 bits per heavy atom. The number of piperidine rings is 1. The fourth-order valence-corrected chi connectivity index (χ4v) is 3.23. The van der Waals surface area contributed by atoms with Crippen molar-refractivity contribution in [1.82, 2.24) is 4.90 Å². The number of rotatable bonds is 1. The summed E-state index contributed by atoms with van der Waals surface area (Å²) < 4.78 is 0. The van der Waals surface area contributed by atoms with Crippen LogP contribution in [0.5, 0.6) is 0 Å². The van der Waals surface area contributed by atoms with Gasteiger partial charge in [0, 0.05) is 12.1 Å². The number of carbonyl (C=O) groups excluding carboxylic acids is 1. The fourth-order valence-electron chi connectivity index (χ4n) is 3.23. The molecule has 94 valence electrons. The summed E-state index contributed by atoms with van der Waals surface area (Å²) in [6.45, 7) is 5.06. The lowest BCUT2D eigenvalue weighted by Gasteiger charge is -2.44. The molecule has 1 aliphatic heterocycles. The summed E-state index contributed by atoms with van der Waals surface area (Å²) in [5, 5.41) is 0. The maximum atomic E-state index is 12.5. The molecule has 3 rings (SSSR count). The molecule has 1 heterocycles. The first-order chi connectivity index (χ1) is 8.75. The van der Waals surface area contributed by atoms with Crippen LogP contribution in [0.4, 0.5) is 0 Å². The Kier molecular flexibility index (Phi) is 2.94. The lowest BCUT2D eigenvalue weighted by atomic mass is 9.77. The summed E-state index contributed by atoms with van der Waals surface area (Å²) in [4.78, 5) is 14.6. The molecule has 2 nitrogen and oxygen atoms in total. The quantitative estimate of drug-likeness (QED) is 0.691. The van der Waals surface area contributed by atoms with Crippen molar-refractivity contribution >= 4 is 5.91 Å². The average molecular weight is 241 g/mol. The second-order valence-electron chi connectivity index (χ2n) is 5.47. The maximum absolute atomic E-state index is 12.5. The predicted octanol–water partition coefficient (Wildman–Crippen LogP) is 3.26. The van der Waals surface area contributed by atoms with Gasteiger partial charge in [-0.1, -0.05) is 30.4 Å². The van der Waals surface area contributed by atoms with Crippen molar-refractivity contribution in [2.75, 3.05) is 6.54 Å². The number of amides is 1. The van der Waals surface area contributed by atoms with Crippen LogP contribution in [0.25, 0.3) is 0 Å². The Hall–Kier alpha value is -1.57. The van der Waals surface area contributed by atoms with Gasteiger partial charge in [-0.25, -0.2) is 0 Å². The number of hydrogen-bond donors (Lipinski definition) is 0. The topological polar surface area (TPSA) is 20.3 Å². The van der Waals surface area contributed by atoms with Crippen LogP contribution in [0, 0.1) is 5.92 Å². The van der Waals surface area contributed by atoms with E-state index in [2.05, 4.69) is 6.58 Å². The van der Waals surface area contributed by atoms with Crippen LogP contribution in [0.1, 0.15) is 36.0 Å². The summed E-state index contributed by atoms with van der Waals surface area (Å²) in [6, 6.07) is 9.89. The first-order valence-corrected chi connectivity index (χ1v) is 6.79. The fraction of sp³-hybridized carbons (Fsp3) is 0.438. The van der Waals surface area contributed by atoms with E-state index in [0.717, 1.165) is 37.3 Å². The van der Waals surface area contributed by atoms with E-state index in [9.17, 15) is 4.79 Å². The average Bonchev–Trinajstić information content (AvgIpc) is 2.44. The van der Waals surface area contributed by atoms with Crippen molar-refractivity contribution in [1.29, 1.82) is 0 Å². The second kappa shape index (κ2) is 4.60. The van der Waals surface area contributed by atoms with E-state index in [1.54, 1.807) is 0 Å². The van der Waals surface area contributed by atoms with Crippen LogP contribution >= 0.6 is 0 Å². The molecular formula is C16H19NO. The standard InChI is InChI=1S/C16H19NO/c1-12-7-8-13-9-10-17(15(12)11-13)16(18)14-5-3-2-4-6-14/h2-6,13,15H,1,7-11H2. The predicted molar refractivity (Wildman–Crippen MR) is 72.4 cm³/mol. The molecule has 2 atom stereocenters. The van der Waals surface area contributed by atoms with Gasteiger partial charge in [0.2, 0.25) is 0 Å². The first kappa shape index (κ1) is 11.5. The van der Waals surface area contributed by atoms with Crippen molar-refractivity contribution in [3.05, 3.63) is 48.0 Å². The summed E-state index contributed by atoms with van der Waals surface area (Å²) in [7, 11) is 0. The van der Waals surface area contributed by atoms with Crippen molar-refractivity contribution in [3.8, 4) is 0 Å². The van der Waals surface area contributed by atoms with E-state index in [1.807, 2.05) is 35.2 Å². The van der Waals surface area contributed by atoms with Gasteiger partial charge in [-0.3, -0.25) is 4.79 Å². The van der Waals surface area contributed by atoms with E-state index in [-0.39, 0.29) is 11.9 Å². The van der Waals surface area contributed by atoms with Gasteiger partial charge in [-0.05, 0) is 43.7 Å². The Morgan fingerprint density at radius 1 is 1.22 bits per heavy atom. The van der Waals surface area contributed by atoms with Gasteiger partial charge >= 0.3 is 0 Å². The highest BCUT2D eigenvalue weighted by Crippen LogP contribution is 2.37. The molecule has 2 heteroatoms.